The number of hydrogen-bond acceptors (Lipinski definition) is 3. The smallest absolute Gasteiger partial charge is 0.241 e. The number of carbonyl (C=O) groups excluding carboxylic acids is 2. The molecule has 1 aliphatic rings. The molecule has 6 heteroatoms. The molecule has 2 aromatic carbocycles. The van der Waals surface area contributed by atoms with Gasteiger partial charge in [0.15, 0.2) is 0 Å². The summed E-state index contributed by atoms with van der Waals surface area (Å²) in [5, 5.41) is 0. The van der Waals surface area contributed by atoms with Gasteiger partial charge in [-0.1, -0.05) is 18.2 Å². The van der Waals surface area contributed by atoms with E-state index in [0.29, 0.717) is 26.2 Å². The van der Waals surface area contributed by atoms with Gasteiger partial charge in [0.05, 0.1) is 0 Å². The van der Waals surface area contributed by atoms with Crippen LogP contribution in [0.25, 0.3) is 0 Å². The zero-order chi connectivity index (χ0) is 20.3. The Morgan fingerprint density at radius 3 is 2.07 bits per heavy atom. The number of anilines is 2. The van der Waals surface area contributed by atoms with Gasteiger partial charge in [-0.25, -0.2) is 4.39 Å². The van der Waals surface area contributed by atoms with E-state index in [-0.39, 0.29) is 17.6 Å². The molecular weight excluding hydrogens is 357 g/mol. The maximum Gasteiger partial charge on any atom is 0.241 e. The van der Waals surface area contributed by atoms with E-state index < -0.39 is 5.41 Å². The van der Waals surface area contributed by atoms with Crippen LogP contribution >= 0.6 is 0 Å². The first kappa shape index (κ1) is 19.9. The highest BCUT2D eigenvalue weighted by Crippen LogP contribution is 2.26. The summed E-state index contributed by atoms with van der Waals surface area (Å²) in [6.07, 6.45) is 0. The standard InChI is InChI=1S/C22H26FN3O2/c1-22(2,20(27)24(3)18-7-5-4-6-8-18)21(28)26-15-13-25(14-16-26)19-11-9-17(23)10-12-19/h4-12H,13-16H2,1-3H3. The minimum atomic E-state index is -1.15. The van der Waals surface area contributed by atoms with Crippen molar-refractivity contribution in [1.29, 1.82) is 0 Å². The third-order valence-electron chi connectivity index (χ3n) is 5.28. The molecule has 148 valence electrons. The topological polar surface area (TPSA) is 43.9 Å². The largest absolute Gasteiger partial charge is 0.368 e. The maximum atomic E-state index is 13.1. The van der Waals surface area contributed by atoms with Crippen LogP contribution in [0.3, 0.4) is 0 Å². The molecule has 0 aromatic heterocycles. The molecule has 0 atom stereocenters. The van der Waals surface area contributed by atoms with E-state index in [1.165, 1.54) is 17.0 Å². The zero-order valence-corrected chi connectivity index (χ0v) is 16.6. The summed E-state index contributed by atoms with van der Waals surface area (Å²) in [4.78, 5) is 31.5. The molecule has 0 aliphatic carbocycles. The Morgan fingerprint density at radius 1 is 0.929 bits per heavy atom. The molecule has 0 spiro atoms. The number of carbonyl (C=O) groups is 2. The average Bonchev–Trinajstić information content (AvgIpc) is 2.73. The van der Waals surface area contributed by atoms with Gasteiger partial charge < -0.3 is 14.7 Å². The molecule has 1 aliphatic heterocycles. The molecule has 0 N–H and O–H groups in total. The van der Waals surface area contributed by atoms with Crippen molar-refractivity contribution in [1.82, 2.24) is 4.90 Å². The maximum absolute atomic E-state index is 13.1. The van der Waals surface area contributed by atoms with Crippen LogP contribution < -0.4 is 9.80 Å². The minimum Gasteiger partial charge on any atom is -0.368 e. The number of rotatable bonds is 4. The lowest BCUT2D eigenvalue weighted by Crippen LogP contribution is -2.55. The second-order valence-corrected chi connectivity index (χ2v) is 7.58. The highest BCUT2D eigenvalue weighted by Gasteiger charge is 2.42. The number of halogens is 1. The number of hydrogen-bond donors (Lipinski definition) is 0. The molecule has 1 heterocycles. The van der Waals surface area contributed by atoms with Crippen molar-refractivity contribution in [3.63, 3.8) is 0 Å². The first-order valence-corrected chi connectivity index (χ1v) is 9.44. The molecule has 3 rings (SSSR count). The lowest BCUT2D eigenvalue weighted by Gasteiger charge is -2.39. The summed E-state index contributed by atoms with van der Waals surface area (Å²) in [5.41, 5.74) is 0.546. The van der Waals surface area contributed by atoms with E-state index in [9.17, 15) is 14.0 Å². The average molecular weight is 383 g/mol. The number of amides is 2. The van der Waals surface area contributed by atoms with Crippen molar-refractivity contribution < 1.29 is 14.0 Å². The summed E-state index contributed by atoms with van der Waals surface area (Å²) >= 11 is 0. The SMILES string of the molecule is CN(C(=O)C(C)(C)C(=O)N1CCN(c2ccc(F)cc2)CC1)c1ccccc1. The van der Waals surface area contributed by atoms with Gasteiger partial charge in [-0.15, -0.1) is 0 Å². The van der Waals surface area contributed by atoms with Crippen molar-refractivity contribution in [2.24, 2.45) is 5.41 Å². The summed E-state index contributed by atoms with van der Waals surface area (Å²) in [6.45, 7) is 5.73. The predicted molar refractivity (Wildman–Crippen MR) is 109 cm³/mol. The van der Waals surface area contributed by atoms with Crippen molar-refractivity contribution in [2.75, 3.05) is 43.0 Å². The van der Waals surface area contributed by atoms with Gasteiger partial charge in [0.1, 0.15) is 11.2 Å². The summed E-state index contributed by atoms with van der Waals surface area (Å²) in [7, 11) is 1.69. The van der Waals surface area contributed by atoms with Crippen LogP contribution in [-0.4, -0.2) is 49.9 Å². The molecule has 2 aromatic rings. The van der Waals surface area contributed by atoms with E-state index in [2.05, 4.69) is 4.90 Å². The van der Waals surface area contributed by atoms with Gasteiger partial charge in [-0.2, -0.15) is 0 Å². The van der Waals surface area contributed by atoms with Crippen molar-refractivity contribution in [3.8, 4) is 0 Å². The number of para-hydroxylation sites is 1. The Balaban J connectivity index is 1.64. The molecule has 0 radical (unpaired) electrons. The van der Waals surface area contributed by atoms with E-state index in [0.717, 1.165) is 11.4 Å². The van der Waals surface area contributed by atoms with Crippen molar-refractivity contribution in [2.45, 2.75) is 13.8 Å². The Bertz CT molecular complexity index is 829. The van der Waals surface area contributed by atoms with Crippen LogP contribution in [0, 0.1) is 11.2 Å². The van der Waals surface area contributed by atoms with E-state index >= 15 is 0 Å². The second-order valence-electron chi connectivity index (χ2n) is 7.58. The number of benzene rings is 2. The fourth-order valence-electron chi connectivity index (χ4n) is 3.49. The Morgan fingerprint density at radius 2 is 1.50 bits per heavy atom. The van der Waals surface area contributed by atoms with Gasteiger partial charge in [0.2, 0.25) is 11.8 Å². The van der Waals surface area contributed by atoms with Crippen molar-refractivity contribution in [3.05, 3.63) is 60.4 Å². The summed E-state index contributed by atoms with van der Waals surface area (Å²) < 4.78 is 13.1. The monoisotopic (exact) mass is 383 g/mol. The zero-order valence-electron chi connectivity index (χ0n) is 16.6. The highest BCUT2D eigenvalue weighted by molar-refractivity contribution is 6.10. The Labute approximate surface area is 165 Å². The number of nitrogens with zero attached hydrogens (tertiary/aromatic N) is 3. The minimum absolute atomic E-state index is 0.168. The van der Waals surface area contributed by atoms with Crippen molar-refractivity contribution >= 4 is 23.2 Å². The molecule has 5 nitrogen and oxygen atoms in total. The fourth-order valence-corrected chi connectivity index (χ4v) is 3.49. The van der Waals surface area contributed by atoms with Crippen LogP contribution in [0.1, 0.15) is 13.8 Å². The van der Waals surface area contributed by atoms with Gasteiger partial charge in [0, 0.05) is 44.6 Å². The van der Waals surface area contributed by atoms with Crippen LogP contribution in [-0.2, 0) is 9.59 Å². The van der Waals surface area contributed by atoms with Gasteiger partial charge in [-0.3, -0.25) is 9.59 Å². The van der Waals surface area contributed by atoms with Gasteiger partial charge in [-0.05, 0) is 50.2 Å². The first-order valence-electron chi connectivity index (χ1n) is 9.44. The quantitative estimate of drug-likeness (QED) is 0.762. The normalized spacial score (nSPS) is 14.7. The molecule has 1 saturated heterocycles. The molecular formula is C22H26FN3O2. The molecule has 0 unspecified atom stereocenters. The lowest BCUT2D eigenvalue weighted by molar-refractivity contribution is -0.147. The Hall–Kier alpha value is -2.89. The second kappa shape index (κ2) is 8.00. The molecule has 0 saturated carbocycles. The van der Waals surface area contributed by atoms with E-state index in [4.69, 9.17) is 0 Å². The summed E-state index contributed by atoms with van der Waals surface area (Å²) in [5.74, 6) is -0.663. The third kappa shape index (κ3) is 4.01. The molecule has 2 amide bonds. The van der Waals surface area contributed by atoms with Gasteiger partial charge in [0.25, 0.3) is 0 Å². The molecule has 28 heavy (non-hydrogen) atoms. The van der Waals surface area contributed by atoms with E-state index in [1.54, 1.807) is 37.9 Å². The van der Waals surface area contributed by atoms with Crippen LogP contribution in [0.4, 0.5) is 15.8 Å². The number of piperazine rings is 1. The van der Waals surface area contributed by atoms with E-state index in [1.807, 2.05) is 30.3 Å². The van der Waals surface area contributed by atoms with Crippen LogP contribution in [0.2, 0.25) is 0 Å². The lowest BCUT2D eigenvalue weighted by atomic mass is 9.89. The fraction of sp³-hybridized carbons (Fsp3) is 0.364. The van der Waals surface area contributed by atoms with Crippen LogP contribution in [0.5, 0.6) is 0 Å². The molecule has 1 fully saturated rings. The molecule has 0 bridgehead atoms. The predicted octanol–water partition coefficient (Wildman–Crippen LogP) is 3.16. The summed E-state index contributed by atoms with van der Waals surface area (Å²) in [6, 6.07) is 15.7. The first-order chi connectivity index (χ1) is 13.3. The Kier molecular flexibility index (Phi) is 5.68. The van der Waals surface area contributed by atoms with Crippen LogP contribution in [0.15, 0.2) is 54.6 Å². The third-order valence-corrected chi connectivity index (χ3v) is 5.28. The highest BCUT2D eigenvalue weighted by atomic mass is 19.1. The van der Waals surface area contributed by atoms with Gasteiger partial charge >= 0.3 is 0 Å².